The van der Waals surface area contributed by atoms with E-state index in [0.717, 1.165) is 0 Å². The Morgan fingerprint density at radius 2 is 2.06 bits per heavy atom. The molecule has 0 aromatic heterocycles. The van der Waals surface area contributed by atoms with Crippen molar-refractivity contribution in [2.45, 2.75) is 31.2 Å². The molecule has 0 N–H and O–H groups in total. The van der Waals surface area contributed by atoms with Crippen molar-refractivity contribution in [3.8, 4) is 0 Å². The highest BCUT2D eigenvalue weighted by Gasteiger charge is 2.45. The van der Waals surface area contributed by atoms with Gasteiger partial charge in [0.15, 0.2) is 0 Å². The smallest absolute Gasteiger partial charge is 0.254 e. The molecule has 0 aromatic carbocycles. The molecule has 5 nitrogen and oxygen atoms in total. The van der Waals surface area contributed by atoms with E-state index >= 15 is 0 Å². The molecule has 1 aliphatic rings. The summed E-state index contributed by atoms with van der Waals surface area (Å²) in [7, 11) is 5.08. The Morgan fingerprint density at radius 1 is 1.41 bits per heavy atom. The molecular formula is C9H20BO5PS. The van der Waals surface area contributed by atoms with Gasteiger partial charge >= 0.3 is 0 Å². The zero-order valence-corrected chi connectivity index (χ0v) is 12.4. The van der Waals surface area contributed by atoms with Gasteiger partial charge in [-0.1, -0.05) is 19.2 Å². The number of methoxy groups -OCH3 is 2. The molecule has 17 heavy (non-hydrogen) atoms. The molecule has 0 amide bonds. The van der Waals surface area contributed by atoms with E-state index < -0.39 is 12.7 Å². The average Bonchev–Trinajstić information content (AvgIpc) is 2.55. The maximum atomic E-state index is 11.9. The summed E-state index contributed by atoms with van der Waals surface area (Å²) in [6, 6.07) is -0.115. The molecule has 0 radical (unpaired) electrons. The van der Waals surface area contributed by atoms with E-state index in [1.54, 1.807) is 21.1 Å². The summed E-state index contributed by atoms with van der Waals surface area (Å²) in [4.78, 5) is 0. The van der Waals surface area contributed by atoms with Crippen LogP contribution in [0.2, 0.25) is 0 Å². The summed E-state index contributed by atoms with van der Waals surface area (Å²) >= 11 is 4.06. The molecule has 8 heteroatoms. The monoisotopic (exact) mass is 282 g/mol. The molecule has 1 aliphatic heterocycles. The minimum Gasteiger partial charge on any atom is -0.382 e. The number of hydrogen-bond donors (Lipinski definition) is 1. The average molecular weight is 282 g/mol. The third-order valence-corrected chi connectivity index (χ3v) is 5.33. The number of hydrogen-bond acceptors (Lipinski definition) is 5. The first-order valence-electron chi connectivity index (χ1n) is 5.62. The minimum atomic E-state index is -2.88. The van der Waals surface area contributed by atoms with Crippen LogP contribution in [0.15, 0.2) is 0 Å². The lowest BCUT2D eigenvalue weighted by atomic mass is 9.93. The third-order valence-electron chi connectivity index (χ3n) is 2.83. The van der Waals surface area contributed by atoms with E-state index in [-0.39, 0.29) is 18.2 Å². The van der Waals surface area contributed by atoms with Gasteiger partial charge in [0.25, 0.3) is 6.57 Å². The van der Waals surface area contributed by atoms with Gasteiger partial charge in [-0.2, -0.15) is 0 Å². The van der Waals surface area contributed by atoms with Crippen molar-refractivity contribution in [3.05, 3.63) is 0 Å². The lowest BCUT2D eigenvalue weighted by molar-refractivity contribution is -0.0115. The Labute approximate surface area is 109 Å². The Hall–Kier alpha value is 0.485. The quantitative estimate of drug-likeness (QED) is 0.437. The Bertz CT molecular complexity index is 293. The molecule has 0 spiro atoms. The van der Waals surface area contributed by atoms with E-state index in [0.29, 0.717) is 12.8 Å². The number of thiol groups is 1. The summed E-state index contributed by atoms with van der Waals surface area (Å²) in [6.07, 6.45) is -0.552. The second kappa shape index (κ2) is 6.59. The van der Waals surface area contributed by atoms with Crippen molar-refractivity contribution in [3.63, 3.8) is 0 Å². The van der Waals surface area contributed by atoms with Crippen LogP contribution in [0.1, 0.15) is 6.92 Å². The Balaban J connectivity index is 2.77. The van der Waals surface area contributed by atoms with Crippen LogP contribution in [-0.4, -0.2) is 59.1 Å². The van der Waals surface area contributed by atoms with Crippen LogP contribution in [0.25, 0.3) is 0 Å². The fourth-order valence-electron chi connectivity index (χ4n) is 1.93. The highest BCUT2D eigenvalue weighted by atomic mass is 32.7. The predicted molar refractivity (Wildman–Crippen MR) is 71.9 cm³/mol. The van der Waals surface area contributed by atoms with Gasteiger partial charge in [-0.15, -0.1) is 0 Å². The Morgan fingerprint density at radius 3 is 2.53 bits per heavy atom. The molecule has 0 aromatic rings. The molecule has 1 saturated heterocycles. The lowest BCUT2D eigenvalue weighted by Gasteiger charge is -2.25. The zero-order chi connectivity index (χ0) is 13.1. The molecular weight excluding hydrogens is 262 g/mol. The van der Waals surface area contributed by atoms with Crippen molar-refractivity contribution in [1.29, 1.82) is 0 Å². The molecule has 0 saturated carbocycles. The minimum absolute atomic E-state index is 0.115. The van der Waals surface area contributed by atoms with Crippen LogP contribution in [-0.2, 0) is 23.3 Å². The van der Waals surface area contributed by atoms with Crippen LogP contribution >= 0.6 is 18.8 Å². The summed E-state index contributed by atoms with van der Waals surface area (Å²) in [6.45, 7) is -0.723. The van der Waals surface area contributed by atoms with Crippen molar-refractivity contribution in [1.82, 2.24) is 0 Å². The summed E-state index contributed by atoms with van der Waals surface area (Å²) < 4.78 is 33.6. The van der Waals surface area contributed by atoms with Crippen LogP contribution in [0.3, 0.4) is 0 Å². The van der Waals surface area contributed by atoms with Crippen LogP contribution in [0.5, 0.6) is 0 Å². The van der Waals surface area contributed by atoms with Crippen molar-refractivity contribution < 1.29 is 23.3 Å². The fourth-order valence-corrected chi connectivity index (χ4v) is 3.04. The van der Waals surface area contributed by atoms with Gasteiger partial charge in [-0.05, 0) is 0 Å². The first kappa shape index (κ1) is 15.5. The maximum absolute atomic E-state index is 11.9. The number of rotatable bonds is 6. The Kier molecular flexibility index (Phi) is 6.03. The molecule has 5 atom stereocenters. The van der Waals surface area contributed by atoms with Gasteiger partial charge in [0.05, 0.1) is 12.6 Å². The molecule has 0 bridgehead atoms. The standard InChI is InChI=1S/C9H20BO5PS/c1-4-16(11,17)15-7-6(5-12-2)14-9(10)8(7)13-3/h6-9H,4-5,10H2,1-3H3,(H,11,17)/t6-,7?,8+,9-,16?/m1/s1. The van der Waals surface area contributed by atoms with E-state index in [2.05, 4.69) is 12.2 Å². The zero-order valence-electron chi connectivity index (χ0n) is 10.7. The van der Waals surface area contributed by atoms with Crippen molar-refractivity contribution in [2.24, 2.45) is 0 Å². The van der Waals surface area contributed by atoms with Gasteiger partial charge in [0, 0.05) is 20.4 Å². The van der Waals surface area contributed by atoms with Crippen LogP contribution in [0, 0.1) is 0 Å². The van der Waals surface area contributed by atoms with E-state index in [1.165, 1.54) is 0 Å². The summed E-state index contributed by atoms with van der Waals surface area (Å²) in [5.41, 5.74) is 0. The predicted octanol–water partition coefficient (Wildman–Crippen LogP) is 0.534. The summed E-state index contributed by atoms with van der Waals surface area (Å²) in [5.74, 6) is 0. The largest absolute Gasteiger partial charge is 0.382 e. The van der Waals surface area contributed by atoms with Crippen LogP contribution < -0.4 is 0 Å². The van der Waals surface area contributed by atoms with Crippen molar-refractivity contribution in [2.75, 3.05) is 27.0 Å². The first-order chi connectivity index (χ1) is 7.95. The van der Waals surface area contributed by atoms with E-state index in [4.69, 9.17) is 18.7 Å². The van der Waals surface area contributed by atoms with Gasteiger partial charge < -0.3 is 18.7 Å². The normalized spacial score (nSPS) is 36.9. The molecule has 1 heterocycles. The fraction of sp³-hybridized carbons (Fsp3) is 1.00. The molecule has 100 valence electrons. The maximum Gasteiger partial charge on any atom is 0.254 e. The highest BCUT2D eigenvalue weighted by Crippen LogP contribution is 2.54. The second-order valence-electron chi connectivity index (χ2n) is 4.06. The molecule has 2 unspecified atom stereocenters. The van der Waals surface area contributed by atoms with Gasteiger partial charge in [-0.25, -0.2) is 0 Å². The SMILES string of the molecule is B[C@@H]1O[C@H](COC)C(OP(=O)(S)CC)[C@@H]1OC. The molecule has 0 aliphatic carbocycles. The van der Waals surface area contributed by atoms with Crippen molar-refractivity contribution >= 4 is 26.7 Å². The van der Waals surface area contributed by atoms with Gasteiger partial charge in [0.2, 0.25) is 0 Å². The number of ether oxygens (including phenoxy) is 3. The first-order valence-corrected chi connectivity index (χ1v) is 8.58. The molecule has 1 rings (SSSR count). The lowest BCUT2D eigenvalue weighted by Crippen LogP contribution is -2.37. The third kappa shape index (κ3) is 3.98. The molecule has 1 fully saturated rings. The van der Waals surface area contributed by atoms with Crippen LogP contribution in [0.4, 0.5) is 0 Å². The van der Waals surface area contributed by atoms with Gasteiger partial charge in [0.1, 0.15) is 26.2 Å². The van der Waals surface area contributed by atoms with Gasteiger partial charge in [-0.3, -0.25) is 4.57 Å². The second-order valence-corrected chi connectivity index (χ2v) is 8.01. The van der Waals surface area contributed by atoms with E-state index in [9.17, 15) is 4.57 Å². The highest BCUT2D eigenvalue weighted by molar-refractivity contribution is 8.46. The summed E-state index contributed by atoms with van der Waals surface area (Å²) in [5, 5.41) is 0. The van der Waals surface area contributed by atoms with E-state index in [1.807, 2.05) is 7.85 Å². The topological polar surface area (TPSA) is 54.0 Å².